The van der Waals surface area contributed by atoms with Crippen molar-refractivity contribution in [3.8, 4) is 11.5 Å². The number of methoxy groups -OCH3 is 2. The van der Waals surface area contributed by atoms with E-state index in [1.54, 1.807) is 12.1 Å². The van der Waals surface area contributed by atoms with E-state index in [1.165, 1.54) is 32.0 Å². The van der Waals surface area contributed by atoms with Crippen molar-refractivity contribution in [1.29, 1.82) is 0 Å². The fourth-order valence-corrected chi connectivity index (χ4v) is 3.76. The zero-order chi connectivity index (χ0) is 18.4. The first kappa shape index (κ1) is 18.9. The van der Waals surface area contributed by atoms with Crippen molar-refractivity contribution >= 4 is 29.5 Å². The minimum absolute atomic E-state index is 0.301. The summed E-state index contributed by atoms with van der Waals surface area (Å²) in [6, 6.07) is 4.63. The van der Waals surface area contributed by atoms with Crippen LogP contribution < -0.4 is 20.1 Å². The van der Waals surface area contributed by atoms with Gasteiger partial charge in [-0.25, -0.2) is 4.79 Å². The molecule has 2 amide bonds. The molecule has 2 rings (SSSR count). The zero-order valence-electron chi connectivity index (χ0n) is 14.0. The van der Waals surface area contributed by atoms with E-state index in [1.807, 2.05) is 0 Å². The van der Waals surface area contributed by atoms with Crippen LogP contribution in [0.1, 0.15) is 16.8 Å². The number of carboxylic acids is 1. The number of amides is 2. The van der Waals surface area contributed by atoms with Crippen LogP contribution in [0.25, 0.3) is 0 Å². The Labute approximate surface area is 149 Å². The van der Waals surface area contributed by atoms with Crippen molar-refractivity contribution < 1.29 is 29.0 Å². The van der Waals surface area contributed by atoms with Crippen molar-refractivity contribution in [2.75, 3.05) is 32.3 Å². The van der Waals surface area contributed by atoms with Gasteiger partial charge in [0.2, 0.25) is 5.91 Å². The number of thioether (sulfide) groups is 1. The number of hydrogen-bond acceptors (Lipinski definition) is 6. The number of carbonyl (C=O) groups excluding carboxylic acids is 2. The summed E-state index contributed by atoms with van der Waals surface area (Å²) in [5.74, 6) is -0.203. The van der Waals surface area contributed by atoms with Gasteiger partial charge in [-0.1, -0.05) is 0 Å². The molecular weight excluding hydrogens is 348 g/mol. The number of ether oxygens (including phenoxy) is 2. The lowest BCUT2D eigenvalue weighted by atomic mass is 9.99. The van der Waals surface area contributed by atoms with Gasteiger partial charge < -0.3 is 25.2 Å². The molecule has 1 atom stereocenters. The second-order valence-electron chi connectivity index (χ2n) is 5.49. The Morgan fingerprint density at radius 3 is 2.52 bits per heavy atom. The van der Waals surface area contributed by atoms with Crippen LogP contribution in [0.3, 0.4) is 0 Å². The van der Waals surface area contributed by atoms with Gasteiger partial charge in [-0.3, -0.25) is 9.59 Å². The average molecular weight is 368 g/mol. The molecule has 1 aromatic rings. The highest BCUT2D eigenvalue weighted by atomic mass is 32.2. The fourth-order valence-electron chi connectivity index (χ4n) is 2.44. The zero-order valence-corrected chi connectivity index (χ0v) is 14.8. The number of rotatable bonds is 7. The first-order chi connectivity index (χ1) is 11.9. The number of carbonyl (C=O) groups is 3. The lowest BCUT2D eigenvalue weighted by Crippen LogP contribution is -2.56. The first-order valence-corrected chi connectivity index (χ1v) is 8.70. The highest BCUT2D eigenvalue weighted by Crippen LogP contribution is 2.28. The molecule has 1 unspecified atom stereocenters. The van der Waals surface area contributed by atoms with E-state index in [4.69, 9.17) is 9.47 Å². The van der Waals surface area contributed by atoms with Gasteiger partial charge in [-0.15, -0.1) is 0 Å². The Bertz CT molecular complexity index is 673. The molecular formula is C16H20N2O6S. The van der Waals surface area contributed by atoms with Gasteiger partial charge in [0.05, 0.1) is 20.8 Å². The molecule has 0 saturated carbocycles. The quantitative estimate of drug-likeness (QED) is 0.642. The number of carboxylic acid groups (broad SMARTS) is 1. The van der Waals surface area contributed by atoms with E-state index < -0.39 is 23.3 Å². The Morgan fingerprint density at radius 1 is 1.24 bits per heavy atom. The Balaban J connectivity index is 1.95. The van der Waals surface area contributed by atoms with Gasteiger partial charge >= 0.3 is 5.97 Å². The second-order valence-corrected chi connectivity index (χ2v) is 6.60. The second kappa shape index (κ2) is 8.11. The molecule has 1 aromatic carbocycles. The molecule has 1 fully saturated rings. The van der Waals surface area contributed by atoms with E-state index in [0.717, 1.165) is 0 Å². The standard InChI is InChI=1S/C16H20N2O6S/c1-23-11-4-3-10(7-12(11)24-2)14(20)17-8-13(19)18-16(15(21)22)5-6-25-9-16/h3-4,7H,5-6,8-9H2,1-2H3,(H,17,20)(H,18,19)(H,21,22). The maximum Gasteiger partial charge on any atom is 0.330 e. The minimum Gasteiger partial charge on any atom is -0.493 e. The van der Waals surface area contributed by atoms with Crippen molar-refractivity contribution in [2.45, 2.75) is 12.0 Å². The summed E-state index contributed by atoms with van der Waals surface area (Å²) in [6.45, 7) is -0.313. The van der Waals surface area contributed by atoms with Crippen LogP contribution in [0, 0.1) is 0 Å². The molecule has 3 N–H and O–H groups in total. The molecule has 8 nitrogen and oxygen atoms in total. The van der Waals surface area contributed by atoms with Crippen LogP contribution in [-0.2, 0) is 9.59 Å². The molecule has 0 spiro atoms. The normalized spacial score (nSPS) is 19.1. The summed E-state index contributed by atoms with van der Waals surface area (Å²) < 4.78 is 10.2. The molecule has 1 aliphatic heterocycles. The van der Waals surface area contributed by atoms with E-state index in [-0.39, 0.29) is 6.54 Å². The third kappa shape index (κ3) is 4.36. The van der Waals surface area contributed by atoms with Crippen molar-refractivity contribution in [2.24, 2.45) is 0 Å². The third-order valence-electron chi connectivity index (χ3n) is 3.86. The fraction of sp³-hybridized carbons (Fsp3) is 0.438. The summed E-state index contributed by atoms with van der Waals surface area (Å²) in [5.41, 5.74) is -0.953. The molecule has 1 saturated heterocycles. The number of nitrogens with one attached hydrogen (secondary N) is 2. The van der Waals surface area contributed by atoms with Gasteiger partial charge in [0.15, 0.2) is 11.5 Å². The predicted molar refractivity (Wildman–Crippen MR) is 92.3 cm³/mol. The van der Waals surface area contributed by atoms with Crippen molar-refractivity contribution in [1.82, 2.24) is 10.6 Å². The maximum absolute atomic E-state index is 12.2. The molecule has 0 bridgehead atoms. The summed E-state index contributed by atoms with van der Waals surface area (Å²) >= 11 is 1.47. The third-order valence-corrected chi connectivity index (χ3v) is 5.05. The van der Waals surface area contributed by atoms with Gasteiger partial charge in [0, 0.05) is 11.3 Å². The van der Waals surface area contributed by atoms with Crippen LogP contribution >= 0.6 is 11.8 Å². The van der Waals surface area contributed by atoms with Crippen LogP contribution in [0.15, 0.2) is 18.2 Å². The molecule has 0 aliphatic carbocycles. The van der Waals surface area contributed by atoms with Crippen LogP contribution in [-0.4, -0.2) is 60.7 Å². The number of aliphatic carboxylic acids is 1. The lowest BCUT2D eigenvalue weighted by Gasteiger charge is -2.24. The summed E-state index contributed by atoms with van der Waals surface area (Å²) in [7, 11) is 2.94. The Kier molecular flexibility index (Phi) is 6.13. The molecule has 9 heteroatoms. The lowest BCUT2D eigenvalue weighted by molar-refractivity contribution is -0.146. The van der Waals surface area contributed by atoms with E-state index in [0.29, 0.717) is 35.0 Å². The monoisotopic (exact) mass is 368 g/mol. The van der Waals surface area contributed by atoms with E-state index in [2.05, 4.69) is 10.6 Å². The van der Waals surface area contributed by atoms with Crippen LogP contribution in [0.2, 0.25) is 0 Å². The molecule has 0 aromatic heterocycles. The smallest absolute Gasteiger partial charge is 0.330 e. The summed E-state index contributed by atoms with van der Waals surface area (Å²) in [6.07, 6.45) is 0.363. The van der Waals surface area contributed by atoms with Crippen molar-refractivity contribution in [3.63, 3.8) is 0 Å². The van der Waals surface area contributed by atoms with Crippen LogP contribution in [0.5, 0.6) is 11.5 Å². The van der Waals surface area contributed by atoms with Crippen LogP contribution in [0.4, 0.5) is 0 Å². The molecule has 136 valence electrons. The van der Waals surface area contributed by atoms with Gasteiger partial charge in [-0.05, 0) is 30.4 Å². The summed E-state index contributed by atoms with van der Waals surface area (Å²) in [5, 5.41) is 14.3. The molecule has 1 heterocycles. The molecule has 1 aliphatic rings. The minimum atomic E-state index is -1.25. The average Bonchev–Trinajstić information content (AvgIpc) is 3.08. The van der Waals surface area contributed by atoms with Gasteiger partial charge in [0.1, 0.15) is 5.54 Å². The topological polar surface area (TPSA) is 114 Å². The van der Waals surface area contributed by atoms with Crippen molar-refractivity contribution in [3.05, 3.63) is 23.8 Å². The highest BCUT2D eigenvalue weighted by molar-refractivity contribution is 7.99. The Hall–Kier alpha value is -2.42. The molecule has 25 heavy (non-hydrogen) atoms. The summed E-state index contributed by atoms with van der Waals surface area (Å²) in [4.78, 5) is 35.6. The SMILES string of the molecule is COc1ccc(C(=O)NCC(=O)NC2(C(=O)O)CCSC2)cc1OC. The highest BCUT2D eigenvalue weighted by Gasteiger charge is 2.43. The van der Waals surface area contributed by atoms with Gasteiger partial charge in [-0.2, -0.15) is 11.8 Å². The molecule has 0 radical (unpaired) electrons. The van der Waals surface area contributed by atoms with Gasteiger partial charge in [0.25, 0.3) is 5.91 Å². The van der Waals surface area contributed by atoms with E-state index >= 15 is 0 Å². The first-order valence-electron chi connectivity index (χ1n) is 7.54. The van der Waals surface area contributed by atoms with E-state index in [9.17, 15) is 19.5 Å². The largest absolute Gasteiger partial charge is 0.493 e. The number of hydrogen-bond donors (Lipinski definition) is 3. The Morgan fingerprint density at radius 2 is 1.96 bits per heavy atom. The number of benzene rings is 1. The maximum atomic E-state index is 12.2. The predicted octanol–water partition coefficient (Wildman–Crippen LogP) is 0.510.